The van der Waals surface area contributed by atoms with Crippen molar-refractivity contribution in [1.29, 1.82) is 0 Å². The fourth-order valence-electron chi connectivity index (χ4n) is 5.86. The highest BCUT2D eigenvalue weighted by molar-refractivity contribution is 8.00. The van der Waals surface area contributed by atoms with E-state index in [1.54, 1.807) is 4.90 Å². The molecule has 0 bridgehead atoms. The van der Waals surface area contributed by atoms with Gasteiger partial charge < -0.3 is 14.9 Å². The van der Waals surface area contributed by atoms with Gasteiger partial charge in [0, 0.05) is 40.6 Å². The lowest BCUT2D eigenvalue weighted by atomic mass is 9.81. The molecule has 0 aromatic heterocycles. The molecular formula is C27H27F3N2O4S. The van der Waals surface area contributed by atoms with E-state index >= 15 is 0 Å². The van der Waals surface area contributed by atoms with Gasteiger partial charge in [-0.2, -0.15) is 13.2 Å². The van der Waals surface area contributed by atoms with E-state index in [1.165, 1.54) is 24.3 Å². The number of carbonyl (C=O) groups excluding carboxylic acids is 2. The molecule has 0 unspecified atom stereocenters. The van der Waals surface area contributed by atoms with Crippen molar-refractivity contribution in [3.8, 4) is 0 Å². The van der Waals surface area contributed by atoms with Gasteiger partial charge in [-0.05, 0) is 73.3 Å². The van der Waals surface area contributed by atoms with Crippen molar-refractivity contribution in [2.45, 2.75) is 73.5 Å². The molecule has 2 aromatic carbocycles. The second kappa shape index (κ2) is 10.0. The summed E-state index contributed by atoms with van der Waals surface area (Å²) in [5.74, 6) is -1.47. The van der Waals surface area contributed by atoms with Crippen LogP contribution >= 0.6 is 11.8 Å². The maximum atomic E-state index is 13.8. The van der Waals surface area contributed by atoms with Gasteiger partial charge in [-0.15, -0.1) is 0 Å². The summed E-state index contributed by atoms with van der Waals surface area (Å²) in [6.45, 7) is 0. The topological polar surface area (TPSA) is 77.9 Å². The first-order valence-electron chi connectivity index (χ1n) is 12.5. The van der Waals surface area contributed by atoms with Crippen molar-refractivity contribution in [3.63, 3.8) is 0 Å². The van der Waals surface area contributed by atoms with Crippen LogP contribution in [0.15, 0.2) is 53.4 Å². The molecule has 2 amide bonds. The molecule has 10 heteroatoms. The zero-order valence-corrected chi connectivity index (χ0v) is 20.8. The lowest BCUT2D eigenvalue weighted by molar-refractivity contribution is -0.142. The van der Waals surface area contributed by atoms with Gasteiger partial charge in [0.2, 0.25) is 5.91 Å². The smallest absolute Gasteiger partial charge is 0.446 e. The average molecular weight is 533 g/mol. The Morgan fingerprint density at radius 1 is 0.973 bits per heavy atom. The third-order valence-corrected chi connectivity index (χ3v) is 8.16. The number of nitrogens with zero attached hydrogens (tertiary/aromatic N) is 2. The van der Waals surface area contributed by atoms with Crippen LogP contribution in [0.2, 0.25) is 0 Å². The molecular weight excluding hydrogens is 505 g/mol. The number of thioether (sulfide) groups is 1. The monoisotopic (exact) mass is 532 g/mol. The fraction of sp³-hybridized carbons (Fsp3) is 0.444. The second-order valence-electron chi connectivity index (χ2n) is 9.84. The highest BCUT2D eigenvalue weighted by Gasteiger charge is 2.51. The molecule has 0 spiro atoms. The van der Waals surface area contributed by atoms with Crippen LogP contribution in [-0.2, 0) is 9.59 Å². The van der Waals surface area contributed by atoms with Gasteiger partial charge in [-0.25, -0.2) is 0 Å². The average Bonchev–Trinajstić information content (AvgIpc) is 3.57. The number of fused-ring (bicyclic) bond motifs is 2. The first-order valence-corrected chi connectivity index (χ1v) is 13.3. The molecule has 6 nitrogen and oxygen atoms in total. The Bertz CT molecular complexity index is 1200. The maximum absolute atomic E-state index is 13.8. The Morgan fingerprint density at radius 3 is 2.32 bits per heavy atom. The number of carboxylic acids is 1. The van der Waals surface area contributed by atoms with E-state index in [0.717, 1.165) is 37.7 Å². The Hall–Kier alpha value is -3.01. The van der Waals surface area contributed by atoms with E-state index in [9.17, 15) is 27.6 Å². The summed E-state index contributed by atoms with van der Waals surface area (Å²) >= 11 is -0.218. The Morgan fingerprint density at radius 2 is 1.68 bits per heavy atom. The molecule has 1 aliphatic heterocycles. The molecule has 2 aliphatic carbocycles. The number of aliphatic carboxylic acids is 1. The molecule has 3 aliphatic rings. The predicted octanol–water partition coefficient (Wildman–Crippen LogP) is 6.02. The van der Waals surface area contributed by atoms with Gasteiger partial charge in [-0.1, -0.05) is 24.6 Å². The molecule has 0 radical (unpaired) electrons. The molecule has 2 saturated carbocycles. The number of benzene rings is 2. The summed E-state index contributed by atoms with van der Waals surface area (Å²) in [7, 11) is 0. The lowest BCUT2D eigenvalue weighted by Crippen LogP contribution is -2.52. The Labute approximate surface area is 216 Å². The van der Waals surface area contributed by atoms with E-state index in [0.29, 0.717) is 11.3 Å². The highest BCUT2D eigenvalue weighted by Crippen LogP contribution is 2.53. The number of hydrogen-bond donors (Lipinski definition) is 1. The van der Waals surface area contributed by atoms with Crippen LogP contribution in [0.3, 0.4) is 0 Å². The number of rotatable bonds is 7. The largest absolute Gasteiger partial charge is 0.481 e. The second-order valence-corrected chi connectivity index (χ2v) is 11.0. The van der Waals surface area contributed by atoms with Crippen molar-refractivity contribution in [2.24, 2.45) is 5.92 Å². The SMILES string of the molecule is O=C(O)CCC(=O)N(C1CC1)[C@H]1c2ccccc2N(C(=O)c2ccc(SC(F)(F)F)cc2)[C@@H]2CCC[C@@H]21. The fourth-order valence-corrected chi connectivity index (χ4v) is 6.40. The summed E-state index contributed by atoms with van der Waals surface area (Å²) in [6.07, 6.45) is 3.92. The van der Waals surface area contributed by atoms with Crippen LogP contribution in [0.4, 0.5) is 18.9 Å². The molecule has 3 atom stereocenters. The number of amides is 2. The van der Waals surface area contributed by atoms with Crippen LogP contribution < -0.4 is 4.90 Å². The molecule has 37 heavy (non-hydrogen) atoms. The maximum Gasteiger partial charge on any atom is 0.446 e. The van der Waals surface area contributed by atoms with Crippen molar-refractivity contribution >= 4 is 35.2 Å². The van der Waals surface area contributed by atoms with E-state index < -0.39 is 11.5 Å². The number of carbonyl (C=O) groups is 3. The number of para-hydroxylation sites is 1. The van der Waals surface area contributed by atoms with Gasteiger partial charge in [0.15, 0.2) is 0 Å². The standard InChI is InChI=1S/C27H27F3N2O4S/c28-27(29,30)37-18-12-8-16(9-13-18)26(36)32-21-6-2-1-4-19(21)25(20-5-3-7-22(20)32)31(17-10-11-17)23(33)14-15-24(34)35/h1-2,4,6,8-9,12-13,17,20,22,25H,3,5,7,10-11,14-15H2,(H,34,35)/t20-,22+,25-/m0/s1. The van der Waals surface area contributed by atoms with Gasteiger partial charge >= 0.3 is 11.5 Å². The normalized spacial score (nSPS) is 22.8. The highest BCUT2D eigenvalue weighted by atomic mass is 32.2. The summed E-state index contributed by atoms with van der Waals surface area (Å²) < 4.78 is 38.2. The minimum atomic E-state index is -4.40. The first-order chi connectivity index (χ1) is 17.6. The Balaban J connectivity index is 1.49. The summed E-state index contributed by atoms with van der Waals surface area (Å²) in [4.78, 5) is 41.9. The van der Waals surface area contributed by atoms with E-state index in [2.05, 4.69) is 0 Å². The zero-order chi connectivity index (χ0) is 26.3. The molecule has 0 saturated heterocycles. The molecule has 196 valence electrons. The minimum Gasteiger partial charge on any atom is -0.481 e. The molecule has 1 heterocycles. The third kappa shape index (κ3) is 5.35. The number of halogens is 3. The molecule has 2 fully saturated rings. The Kier molecular flexibility index (Phi) is 6.95. The van der Waals surface area contributed by atoms with E-state index in [1.807, 2.05) is 29.2 Å². The van der Waals surface area contributed by atoms with Crippen LogP contribution in [0, 0.1) is 5.92 Å². The van der Waals surface area contributed by atoms with Crippen LogP contribution in [0.5, 0.6) is 0 Å². The number of anilines is 1. The lowest BCUT2D eigenvalue weighted by Gasteiger charge is -2.48. The number of carboxylic acid groups (broad SMARTS) is 1. The predicted molar refractivity (Wildman–Crippen MR) is 132 cm³/mol. The van der Waals surface area contributed by atoms with Crippen LogP contribution in [0.25, 0.3) is 0 Å². The number of alkyl halides is 3. The van der Waals surface area contributed by atoms with Crippen molar-refractivity contribution in [3.05, 3.63) is 59.7 Å². The molecule has 2 aromatic rings. The zero-order valence-electron chi connectivity index (χ0n) is 20.0. The van der Waals surface area contributed by atoms with Crippen LogP contribution in [-0.4, -0.2) is 45.4 Å². The van der Waals surface area contributed by atoms with Gasteiger partial charge in [0.05, 0.1) is 12.5 Å². The summed E-state index contributed by atoms with van der Waals surface area (Å²) in [5.41, 5.74) is -2.54. The van der Waals surface area contributed by atoms with Gasteiger partial charge in [-0.3, -0.25) is 14.4 Å². The van der Waals surface area contributed by atoms with Crippen molar-refractivity contribution in [2.75, 3.05) is 4.90 Å². The van der Waals surface area contributed by atoms with Crippen molar-refractivity contribution < 1.29 is 32.7 Å². The first kappa shape index (κ1) is 25.6. The quantitative estimate of drug-likeness (QED) is 0.441. The van der Waals surface area contributed by atoms with Gasteiger partial charge in [0.25, 0.3) is 5.91 Å². The summed E-state index contributed by atoms with van der Waals surface area (Å²) in [5, 5.41) is 9.12. The van der Waals surface area contributed by atoms with Crippen LogP contribution in [0.1, 0.15) is 66.9 Å². The van der Waals surface area contributed by atoms with E-state index in [4.69, 9.17) is 5.11 Å². The van der Waals surface area contributed by atoms with Gasteiger partial charge in [0.1, 0.15) is 0 Å². The summed E-state index contributed by atoms with van der Waals surface area (Å²) in [6, 6.07) is 12.6. The molecule has 1 N–H and O–H groups in total. The third-order valence-electron chi connectivity index (χ3n) is 7.42. The number of hydrogen-bond acceptors (Lipinski definition) is 4. The minimum absolute atomic E-state index is 0.00622. The molecule has 5 rings (SSSR count). The van der Waals surface area contributed by atoms with Crippen molar-refractivity contribution in [1.82, 2.24) is 4.90 Å². The van der Waals surface area contributed by atoms with E-state index in [-0.39, 0.29) is 65.4 Å².